The van der Waals surface area contributed by atoms with Gasteiger partial charge in [0.05, 0.1) is 16.4 Å². The Balaban J connectivity index is 2.04. The average molecular weight is 364 g/mol. The van der Waals surface area contributed by atoms with Crippen molar-refractivity contribution < 1.29 is 9.72 Å². The van der Waals surface area contributed by atoms with Crippen molar-refractivity contribution >= 4 is 29.0 Å². The van der Waals surface area contributed by atoms with E-state index in [0.717, 1.165) is 17.3 Å². The Morgan fingerprint density at radius 3 is 2.64 bits per heavy atom. The van der Waals surface area contributed by atoms with Gasteiger partial charge in [0.2, 0.25) is 11.1 Å². The summed E-state index contributed by atoms with van der Waals surface area (Å²) in [4.78, 5) is 22.5. The largest absolute Gasteiger partial charge is 0.336 e. The van der Waals surface area contributed by atoms with E-state index >= 15 is 0 Å². The fourth-order valence-corrected chi connectivity index (χ4v) is 2.72. The summed E-state index contributed by atoms with van der Waals surface area (Å²) < 4.78 is 1.37. The highest BCUT2D eigenvalue weighted by Gasteiger charge is 2.23. The van der Waals surface area contributed by atoms with E-state index in [1.54, 1.807) is 13.0 Å². The number of carbonyl (C=O) groups is 1. The minimum Gasteiger partial charge on any atom is -0.336 e. The lowest BCUT2D eigenvalue weighted by Crippen LogP contribution is -2.24. The van der Waals surface area contributed by atoms with Crippen molar-refractivity contribution in [2.75, 3.05) is 16.9 Å². The molecule has 0 bridgehead atoms. The molecule has 0 saturated heterocycles. The maximum atomic E-state index is 12.1. The van der Waals surface area contributed by atoms with Gasteiger partial charge in [0.15, 0.2) is 5.82 Å². The fourth-order valence-electron chi connectivity index (χ4n) is 2.06. The number of hydrogen-bond acceptors (Lipinski definition) is 7. The maximum Gasteiger partial charge on any atom is 0.271 e. The van der Waals surface area contributed by atoms with Gasteiger partial charge in [0.25, 0.3) is 5.69 Å². The Morgan fingerprint density at radius 1 is 1.40 bits per heavy atom. The lowest BCUT2D eigenvalue weighted by molar-refractivity contribution is -0.384. The van der Waals surface area contributed by atoms with Crippen molar-refractivity contribution in [3.05, 3.63) is 39.7 Å². The maximum absolute atomic E-state index is 12.1. The van der Waals surface area contributed by atoms with Crippen molar-refractivity contribution in [2.24, 2.45) is 0 Å². The molecule has 2 rings (SSSR count). The topological polar surface area (TPSA) is 129 Å². The number of carbonyl (C=O) groups excluding carboxylic acids is 1. The molecule has 0 aliphatic carbocycles. The summed E-state index contributed by atoms with van der Waals surface area (Å²) in [6.07, 6.45) is 0. The molecule has 0 aliphatic rings. The molecule has 0 atom stereocenters. The molecule has 2 aromatic rings. The number of non-ortho nitro benzene ring substituents is 1. The number of nitrogens with zero attached hydrogens (tertiary/aromatic N) is 4. The molecule has 0 saturated carbocycles. The van der Waals surface area contributed by atoms with Gasteiger partial charge in [-0.1, -0.05) is 38.6 Å². The monoisotopic (exact) mass is 364 g/mol. The molecule has 1 aromatic carbocycles. The van der Waals surface area contributed by atoms with Crippen molar-refractivity contribution in [1.29, 1.82) is 0 Å². The van der Waals surface area contributed by atoms with Gasteiger partial charge in [0.1, 0.15) is 0 Å². The number of aromatic nitrogens is 3. The third-order valence-electron chi connectivity index (χ3n) is 3.37. The van der Waals surface area contributed by atoms with Crippen LogP contribution < -0.4 is 11.2 Å². The zero-order valence-corrected chi connectivity index (χ0v) is 15.3. The van der Waals surface area contributed by atoms with E-state index in [9.17, 15) is 14.9 Å². The molecule has 0 aliphatic heterocycles. The summed E-state index contributed by atoms with van der Waals surface area (Å²) in [5.74, 6) is 6.33. The van der Waals surface area contributed by atoms with E-state index in [1.165, 1.54) is 16.8 Å². The van der Waals surface area contributed by atoms with Crippen LogP contribution in [0.4, 0.5) is 11.4 Å². The highest BCUT2D eigenvalue weighted by atomic mass is 32.2. The second-order valence-electron chi connectivity index (χ2n) is 6.52. The molecule has 10 heteroatoms. The molecule has 3 N–H and O–H groups in total. The zero-order chi connectivity index (χ0) is 18.8. The van der Waals surface area contributed by atoms with Gasteiger partial charge in [-0.15, -0.1) is 10.2 Å². The van der Waals surface area contributed by atoms with E-state index in [-0.39, 0.29) is 22.8 Å². The minimum atomic E-state index is -0.505. The molecule has 1 heterocycles. The Labute approximate surface area is 149 Å². The number of anilines is 1. The number of thioether (sulfide) groups is 1. The van der Waals surface area contributed by atoms with Crippen LogP contribution in [0.3, 0.4) is 0 Å². The van der Waals surface area contributed by atoms with Gasteiger partial charge >= 0.3 is 0 Å². The molecule has 0 fully saturated rings. The second-order valence-corrected chi connectivity index (χ2v) is 7.46. The lowest BCUT2D eigenvalue weighted by Gasteiger charge is -2.16. The van der Waals surface area contributed by atoms with Gasteiger partial charge in [0, 0.05) is 17.5 Å². The van der Waals surface area contributed by atoms with Crippen LogP contribution in [0, 0.1) is 17.0 Å². The molecule has 134 valence electrons. The van der Waals surface area contributed by atoms with E-state index in [1.807, 2.05) is 20.8 Å². The van der Waals surface area contributed by atoms with E-state index in [2.05, 4.69) is 15.5 Å². The van der Waals surface area contributed by atoms with Crippen molar-refractivity contribution in [2.45, 2.75) is 38.3 Å². The van der Waals surface area contributed by atoms with Crippen LogP contribution in [0.5, 0.6) is 0 Å². The van der Waals surface area contributed by atoms with Gasteiger partial charge in [-0.05, 0) is 12.5 Å². The van der Waals surface area contributed by atoms with Crippen LogP contribution in [0.15, 0.2) is 23.4 Å². The minimum absolute atomic E-state index is 0.0572. The fraction of sp³-hybridized carbons (Fsp3) is 0.400. The van der Waals surface area contributed by atoms with Gasteiger partial charge in [-0.3, -0.25) is 14.9 Å². The number of nitrogens with two attached hydrogens (primary N) is 1. The Bertz CT molecular complexity index is 812. The number of benzene rings is 1. The van der Waals surface area contributed by atoms with Gasteiger partial charge in [-0.25, -0.2) is 4.68 Å². The number of nitro groups is 1. The first-order chi connectivity index (χ1) is 11.6. The number of nitrogen functional groups attached to an aromatic ring is 1. The van der Waals surface area contributed by atoms with Gasteiger partial charge in [-0.2, -0.15) is 0 Å². The second kappa shape index (κ2) is 7.09. The summed E-state index contributed by atoms with van der Waals surface area (Å²) in [5.41, 5.74) is 0.804. The van der Waals surface area contributed by atoms with E-state index in [4.69, 9.17) is 5.84 Å². The highest BCUT2D eigenvalue weighted by Crippen LogP contribution is 2.24. The number of aryl methyl sites for hydroxylation is 1. The van der Waals surface area contributed by atoms with Crippen LogP contribution in [0.2, 0.25) is 0 Å². The van der Waals surface area contributed by atoms with Crippen LogP contribution in [-0.4, -0.2) is 31.5 Å². The van der Waals surface area contributed by atoms with Crippen LogP contribution >= 0.6 is 11.8 Å². The molecule has 0 spiro atoms. The predicted octanol–water partition coefficient (Wildman–Crippen LogP) is 2.24. The average Bonchev–Trinajstić information content (AvgIpc) is 2.88. The number of hydrogen-bond donors (Lipinski definition) is 2. The van der Waals surface area contributed by atoms with Crippen molar-refractivity contribution in [3.8, 4) is 0 Å². The summed E-state index contributed by atoms with van der Waals surface area (Å²) in [6, 6.07) is 4.32. The molecule has 25 heavy (non-hydrogen) atoms. The van der Waals surface area contributed by atoms with Crippen LogP contribution in [0.1, 0.15) is 32.2 Å². The van der Waals surface area contributed by atoms with Crippen LogP contribution in [-0.2, 0) is 10.2 Å². The normalized spacial score (nSPS) is 11.4. The number of nitrogens with one attached hydrogen (secondary N) is 1. The summed E-state index contributed by atoms with van der Waals surface area (Å²) in [6.45, 7) is 7.66. The molecule has 9 nitrogen and oxygen atoms in total. The standard InChI is InChI=1S/C15H20N6O3S/c1-9-5-6-10(21(23)24)7-11(9)17-12(22)8-25-14-19-18-13(20(14)16)15(2,3)4/h5-7H,8,16H2,1-4H3,(H,17,22). The SMILES string of the molecule is Cc1ccc([N+](=O)[O-])cc1NC(=O)CSc1nnc(C(C)(C)C)n1N. The molecule has 0 radical (unpaired) electrons. The third kappa shape index (κ3) is 4.47. The predicted molar refractivity (Wildman–Crippen MR) is 96.1 cm³/mol. The quantitative estimate of drug-likeness (QED) is 0.360. The summed E-state index contributed by atoms with van der Waals surface area (Å²) in [7, 11) is 0. The summed E-state index contributed by atoms with van der Waals surface area (Å²) in [5, 5.41) is 22.0. The zero-order valence-electron chi connectivity index (χ0n) is 14.4. The molecule has 1 amide bonds. The van der Waals surface area contributed by atoms with Crippen molar-refractivity contribution in [1.82, 2.24) is 14.9 Å². The van der Waals surface area contributed by atoms with Gasteiger partial charge < -0.3 is 11.2 Å². The third-order valence-corrected chi connectivity index (χ3v) is 4.32. The van der Waals surface area contributed by atoms with Crippen molar-refractivity contribution in [3.63, 3.8) is 0 Å². The molecular formula is C15H20N6O3S. The van der Waals surface area contributed by atoms with E-state index < -0.39 is 4.92 Å². The molecule has 0 unspecified atom stereocenters. The smallest absolute Gasteiger partial charge is 0.271 e. The summed E-state index contributed by atoms with van der Waals surface area (Å²) >= 11 is 1.15. The van der Waals surface area contributed by atoms with E-state index in [0.29, 0.717) is 16.7 Å². The lowest BCUT2D eigenvalue weighted by atomic mass is 9.96. The van der Waals surface area contributed by atoms with Crippen LogP contribution in [0.25, 0.3) is 0 Å². The number of rotatable bonds is 5. The Morgan fingerprint density at radius 2 is 2.08 bits per heavy atom. The number of nitro benzene ring substituents is 1. The number of amides is 1. The molecular weight excluding hydrogens is 344 g/mol. The first-order valence-electron chi connectivity index (χ1n) is 7.48. The first-order valence-corrected chi connectivity index (χ1v) is 8.47. The Hall–Kier alpha value is -2.62. The molecule has 1 aromatic heterocycles. The highest BCUT2D eigenvalue weighted by molar-refractivity contribution is 7.99. The first kappa shape index (κ1) is 18.7. The Kier molecular flexibility index (Phi) is 5.31.